The van der Waals surface area contributed by atoms with Crippen molar-refractivity contribution in [1.29, 1.82) is 0 Å². The fourth-order valence-electron chi connectivity index (χ4n) is 25.8. The molecule has 0 N–H and O–H groups in total. The van der Waals surface area contributed by atoms with Gasteiger partial charge in [-0.2, -0.15) is 0 Å². The lowest BCUT2D eigenvalue weighted by Gasteiger charge is -2.67. The fourth-order valence-corrected chi connectivity index (χ4v) is 25.8. The Bertz CT molecular complexity index is 2820. The largest absolute Gasteiger partial charge is 0.485 e. The highest BCUT2D eigenvalue weighted by Crippen LogP contribution is 2.95. The predicted molar refractivity (Wildman–Crippen MR) is 250 cm³/mol. The summed E-state index contributed by atoms with van der Waals surface area (Å²) in [6, 6.07) is 29.2. The number of allylic oxidation sites excluding steroid dienone is 6. The van der Waals surface area contributed by atoms with Crippen molar-refractivity contribution in [2.45, 2.75) is 58.3 Å². The monoisotopic (exact) mass is 853 g/mol. The van der Waals surface area contributed by atoms with E-state index in [2.05, 4.69) is 128 Å². The van der Waals surface area contributed by atoms with E-state index >= 15 is 0 Å². The molecule has 0 bridgehead atoms. The minimum atomic E-state index is 0.111. The molecule has 1 saturated heterocycles. The van der Waals surface area contributed by atoms with E-state index in [0.717, 1.165) is 148 Å². The second-order valence-corrected chi connectivity index (χ2v) is 26.3. The van der Waals surface area contributed by atoms with Gasteiger partial charge in [-0.05, 0) is 215 Å². The molecule has 19 rings (SSSR count). The molecule has 2 spiro atoms. The first-order valence-electron chi connectivity index (χ1n) is 27.1. The molecule has 12 fully saturated rings. The lowest BCUT2D eigenvalue weighted by molar-refractivity contribution is -0.165. The number of fused-ring (bicyclic) bond motifs is 2. The van der Waals surface area contributed by atoms with Crippen LogP contribution in [0.3, 0.4) is 0 Å². The second-order valence-electron chi connectivity index (χ2n) is 26.3. The Morgan fingerprint density at radius 2 is 1.31 bits per heavy atom. The van der Waals surface area contributed by atoms with Crippen LogP contribution in [0.1, 0.15) is 61.8 Å². The third-order valence-corrected chi connectivity index (χ3v) is 25.5. The summed E-state index contributed by atoms with van der Waals surface area (Å²) in [5.41, 5.74) is 11.9. The predicted octanol–water partition coefficient (Wildman–Crippen LogP) is 11.9. The molecule has 3 aromatic rings. The topological polar surface area (TPSA) is 21.7 Å². The molecular formula is C62H63NO2. The van der Waals surface area contributed by atoms with Crippen molar-refractivity contribution in [3.8, 4) is 11.5 Å². The van der Waals surface area contributed by atoms with E-state index in [4.69, 9.17) is 9.47 Å². The van der Waals surface area contributed by atoms with Crippen molar-refractivity contribution in [2.75, 3.05) is 13.6 Å². The van der Waals surface area contributed by atoms with Crippen LogP contribution in [0.5, 0.6) is 11.5 Å². The molecule has 16 aliphatic rings. The number of likely N-dealkylation sites (tertiary alicyclic amines) is 1. The van der Waals surface area contributed by atoms with Crippen molar-refractivity contribution in [3.05, 3.63) is 142 Å². The Hall–Kier alpha value is -3.82. The average Bonchev–Trinajstić information content (AvgIpc) is 4.18. The zero-order valence-electron chi connectivity index (χ0n) is 38.1. The molecule has 15 aliphatic carbocycles. The third-order valence-electron chi connectivity index (χ3n) is 25.5. The Morgan fingerprint density at radius 1 is 0.600 bits per heavy atom. The van der Waals surface area contributed by atoms with E-state index < -0.39 is 0 Å². The van der Waals surface area contributed by atoms with Gasteiger partial charge >= 0.3 is 0 Å². The summed E-state index contributed by atoms with van der Waals surface area (Å²) in [4.78, 5) is 2.98. The number of ether oxygens (including phenoxy) is 2. The van der Waals surface area contributed by atoms with E-state index in [1.807, 2.05) is 11.1 Å². The highest BCUT2D eigenvalue weighted by atomic mass is 16.5. The number of nitrogens with zero attached hydrogens (tertiary/aromatic N) is 1. The molecule has 65 heavy (non-hydrogen) atoms. The van der Waals surface area contributed by atoms with Gasteiger partial charge < -0.3 is 9.47 Å². The minimum Gasteiger partial charge on any atom is -0.485 e. The number of hydrogen-bond acceptors (Lipinski definition) is 3. The van der Waals surface area contributed by atoms with Crippen LogP contribution in [-0.4, -0.2) is 18.5 Å². The van der Waals surface area contributed by atoms with Crippen LogP contribution in [0.25, 0.3) is 0 Å². The first-order chi connectivity index (χ1) is 32.0. The highest BCUT2D eigenvalue weighted by molar-refractivity contribution is 5.64. The van der Waals surface area contributed by atoms with Gasteiger partial charge in [-0.15, -0.1) is 0 Å². The van der Waals surface area contributed by atoms with Crippen LogP contribution in [-0.2, 0) is 13.2 Å². The SMILES string of the molecule is CC1CC2CC3CC4C=C5C=C6C=C7CC8CC=C9C8C8C7C7C%10C8C8C9C1C1C2C3C2C(C81)C%10C(C42)C51CN(C)C(c2ccc(OCc3ccccc3)c(OCc3ccccc3)c2)C671. The number of rotatable bonds is 7. The molecule has 3 heteroatoms. The van der Waals surface area contributed by atoms with E-state index in [1.165, 1.54) is 42.5 Å². The molecule has 0 radical (unpaired) electrons. The van der Waals surface area contributed by atoms with Crippen LogP contribution >= 0.6 is 0 Å². The van der Waals surface area contributed by atoms with Crippen LogP contribution in [0, 0.1) is 147 Å². The zero-order chi connectivity index (χ0) is 41.7. The van der Waals surface area contributed by atoms with Gasteiger partial charge in [-0.25, -0.2) is 0 Å². The molecule has 11 saturated carbocycles. The van der Waals surface area contributed by atoms with Crippen LogP contribution < -0.4 is 9.47 Å². The van der Waals surface area contributed by atoms with Gasteiger partial charge in [-0.1, -0.05) is 109 Å². The number of benzene rings is 3. The number of hydrogen-bond donors (Lipinski definition) is 0. The second kappa shape index (κ2) is 11.2. The van der Waals surface area contributed by atoms with Gasteiger partial charge in [0.05, 0.1) is 0 Å². The van der Waals surface area contributed by atoms with E-state index in [-0.39, 0.29) is 10.8 Å². The third kappa shape index (κ3) is 3.53. The normalized spacial score (nSPS) is 55.7. The Labute approximate surface area is 385 Å². The lowest BCUT2D eigenvalue weighted by Crippen LogP contribution is -2.65. The highest BCUT2D eigenvalue weighted by Gasteiger charge is 2.91. The standard InChI is InChI=1S/C62H63NO2/c1-28-17-33-19-34-20-36-21-37-24-38-22-35-18-31-13-15-39-43(31)50-47(35)59-57-54(50)52-48(39)42(28)49-44(33)45(34)51-46(36)58(56(57)55(51)53(49)52)61(37)27-63(2)60(62(38,59)61)32-14-16-40(64-25-29-9-5-3-6-10-29)41(23-32)65-26-30-11-7-4-8-12-30/h3-12,14-16,21-24,28,31,33-34,36,42-60H,13,17-20,25-27H2,1-2H3. The summed E-state index contributed by atoms with van der Waals surface area (Å²) in [5, 5.41) is 0. The maximum absolute atomic E-state index is 6.99. The molecule has 3 aromatic carbocycles. The average molecular weight is 854 g/mol. The van der Waals surface area contributed by atoms with E-state index in [9.17, 15) is 0 Å². The molecule has 3 nitrogen and oxygen atoms in total. The van der Waals surface area contributed by atoms with Crippen molar-refractivity contribution < 1.29 is 9.47 Å². The van der Waals surface area contributed by atoms with E-state index in [1.54, 1.807) is 18.4 Å². The summed E-state index contributed by atoms with van der Waals surface area (Å²) in [7, 11) is 2.59. The van der Waals surface area contributed by atoms with Crippen LogP contribution in [0.2, 0.25) is 0 Å². The first-order valence-corrected chi connectivity index (χ1v) is 27.1. The van der Waals surface area contributed by atoms with Crippen LogP contribution in [0.4, 0.5) is 0 Å². The molecule has 1 aliphatic heterocycles. The molecule has 26 unspecified atom stereocenters. The molecule has 26 atom stereocenters. The minimum absolute atomic E-state index is 0.111. The maximum Gasteiger partial charge on any atom is 0.162 e. The van der Waals surface area contributed by atoms with Crippen molar-refractivity contribution in [2.24, 2.45) is 147 Å². The summed E-state index contributed by atoms with van der Waals surface area (Å²) in [5.74, 6) is 23.5. The van der Waals surface area contributed by atoms with Gasteiger partial charge in [0.25, 0.3) is 0 Å². The Morgan fingerprint density at radius 3 is 2.12 bits per heavy atom. The summed E-state index contributed by atoms with van der Waals surface area (Å²) in [6.45, 7) is 5.14. The molecule has 0 aromatic heterocycles. The quantitative estimate of drug-likeness (QED) is 0.221. The first kappa shape index (κ1) is 35.3. The van der Waals surface area contributed by atoms with Crippen molar-refractivity contribution in [1.82, 2.24) is 4.90 Å². The van der Waals surface area contributed by atoms with Gasteiger partial charge in [0.15, 0.2) is 11.5 Å². The van der Waals surface area contributed by atoms with E-state index in [0.29, 0.717) is 19.3 Å². The van der Waals surface area contributed by atoms with Gasteiger partial charge in [0.2, 0.25) is 0 Å². The lowest BCUT2D eigenvalue weighted by atomic mass is 9.35. The molecule has 1 heterocycles. The summed E-state index contributed by atoms with van der Waals surface area (Å²) < 4.78 is 13.8. The van der Waals surface area contributed by atoms with Crippen LogP contribution in [0.15, 0.2) is 125 Å². The maximum atomic E-state index is 6.99. The Kier molecular flexibility index (Phi) is 6.09. The zero-order valence-corrected chi connectivity index (χ0v) is 38.1. The molecule has 328 valence electrons. The molecular weight excluding hydrogens is 791 g/mol. The van der Waals surface area contributed by atoms with Crippen molar-refractivity contribution in [3.63, 3.8) is 0 Å². The van der Waals surface area contributed by atoms with Crippen molar-refractivity contribution >= 4 is 0 Å². The van der Waals surface area contributed by atoms with Gasteiger partial charge in [0.1, 0.15) is 13.2 Å². The van der Waals surface area contributed by atoms with Gasteiger partial charge in [0, 0.05) is 23.4 Å². The summed E-state index contributed by atoms with van der Waals surface area (Å²) in [6.07, 6.45) is 19.5. The van der Waals surface area contributed by atoms with Gasteiger partial charge in [-0.3, -0.25) is 4.90 Å². The Balaban J connectivity index is 0.853. The molecule has 0 amide bonds. The smallest absolute Gasteiger partial charge is 0.162 e. The summed E-state index contributed by atoms with van der Waals surface area (Å²) >= 11 is 0. The fraction of sp³-hybridized carbons (Fsp3) is 0.581.